The van der Waals surface area contributed by atoms with Gasteiger partial charge in [-0.3, -0.25) is 8.80 Å². The second kappa shape index (κ2) is 5.97. The molecule has 5 aromatic carbocycles. The smallest absolute Gasteiger partial charge is 0.223 e. The lowest BCUT2D eigenvalue weighted by Crippen LogP contribution is -2.16. The van der Waals surface area contributed by atoms with E-state index in [0.717, 1.165) is 33.6 Å². The summed E-state index contributed by atoms with van der Waals surface area (Å²) >= 11 is 0. The van der Waals surface area contributed by atoms with Crippen LogP contribution >= 0.6 is 0 Å². The fraction of sp³-hybridized carbons (Fsp3) is 0.0909. The van der Waals surface area contributed by atoms with E-state index in [1.165, 1.54) is 49.6 Å². The third kappa shape index (κ3) is 1.95. The number of rotatable bonds is 0. The van der Waals surface area contributed by atoms with Crippen molar-refractivity contribution < 1.29 is 0 Å². The van der Waals surface area contributed by atoms with Crippen molar-refractivity contribution in [3.63, 3.8) is 0 Å². The Morgan fingerprint density at radius 1 is 0.553 bits per heavy atom. The molecule has 0 N–H and O–H groups in total. The van der Waals surface area contributed by atoms with Gasteiger partial charge in [0.15, 0.2) is 0 Å². The first-order valence-corrected chi connectivity index (χ1v) is 13.1. The molecule has 0 radical (unpaired) electrons. The minimum Gasteiger partial charge on any atom is -0.276 e. The van der Waals surface area contributed by atoms with Crippen molar-refractivity contribution >= 4 is 60.9 Å². The number of benzene rings is 5. The average Bonchev–Trinajstić information content (AvgIpc) is 3.69. The van der Waals surface area contributed by atoms with E-state index in [4.69, 9.17) is 9.97 Å². The molecule has 0 fully saturated rings. The minimum absolute atomic E-state index is 0.120. The molecule has 178 valence electrons. The molecule has 0 unspecified atom stereocenters. The van der Waals surface area contributed by atoms with Gasteiger partial charge >= 0.3 is 0 Å². The first-order chi connectivity index (χ1) is 18.6. The molecule has 0 saturated heterocycles. The Bertz CT molecular complexity index is 2480. The number of imidazole rings is 4. The molecular weight excluding hydrogens is 466 g/mol. The summed E-state index contributed by atoms with van der Waals surface area (Å²) in [5, 5.41) is 2.43. The van der Waals surface area contributed by atoms with Crippen molar-refractivity contribution in [2.24, 2.45) is 0 Å². The monoisotopic (exact) mass is 487 g/mol. The van der Waals surface area contributed by atoms with Crippen LogP contribution in [0.5, 0.6) is 0 Å². The maximum absolute atomic E-state index is 5.26. The molecule has 1 aliphatic rings. The number of fused-ring (bicyclic) bond motifs is 15. The number of aromatic nitrogens is 5. The van der Waals surface area contributed by atoms with Crippen LogP contribution < -0.4 is 0 Å². The zero-order chi connectivity index (χ0) is 24.9. The molecule has 38 heavy (non-hydrogen) atoms. The predicted molar refractivity (Wildman–Crippen MR) is 154 cm³/mol. The molecular formula is C33H21N5. The molecule has 9 aromatic rings. The van der Waals surface area contributed by atoms with Gasteiger partial charge in [0.1, 0.15) is 5.52 Å². The van der Waals surface area contributed by atoms with E-state index in [-0.39, 0.29) is 5.41 Å². The predicted octanol–water partition coefficient (Wildman–Crippen LogP) is 7.59. The van der Waals surface area contributed by atoms with Gasteiger partial charge in [0, 0.05) is 5.41 Å². The summed E-state index contributed by atoms with van der Waals surface area (Å²) in [7, 11) is 0. The molecule has 1 aliphatic carbocycles. The van der Waals surface area contributed by atoms with E-state index in [2.05, 4.69) is 118 Å². The molecule has 5 heteroatoms. The molecule has 0 aliphatic heterocycles. The Labute approximate surface area is 216 Å². The molecule has 0 saturated carbocycles. The van der Waals surface area contributed by atoms with Crippen molar-refractivity contribution in [2.45, 2.75) is 19.3 Å². The van der Waals surface area contributed by atoms with Gasteiger partial charge in [-0.15, -0.1) is 0 Å². The molecule has 0 atom stereocenters. The molecule has 10 rings (SSSR count). The summed E-state index contributed by atoms with van der Waals surface area (Å²) in [6, 6.07) is 32.8. The largest absolute Gasteiger partial charge is 0.276 e. The number of nitrogens with zero attached hydrogens (tertiary/aromatic N) is 5. The number of hydrogen-bond donors (Lipinski definition) is 0. The summed E-state index contributed by atoms with van der Waals surface area (Å²) in [5.74, 6) is 1.83. The lowest BCUT2D eigenvalue weighted by Gasteiger charge is -2.22. The first-order valence-electron chi connectivity index (χ1n) is 13.1. The summed E-state index contributed by atoms with van der Waals surface area (Å²) in [6.07, 6.45) is 0. The van der Waals surface area contributed by atoms with Gasteiger partial charge in [0.25, 0.3) is 0 Å². The van der Waals surface area contributed by atoms with Crippen molar-refractivity contribution in [3.05, 3.63) is 102 Å². The maximum Gasteiger partial charge on any atom is 0.223 e. The summed E-state index contributed by atoms with van der Waals surface area (Å²) < 4.78 is 6.93. The van der Waals surface area contributed by atoms with Crippen LogP contribution in [0, 0.1) is 0 Å². The van der Waals surface area contributed by atoms with Crippen molar-refractivity contribution in [2.75, 3.05) is 0 Å². The van der Waals surface area contributed by atoms with E-state index in [9.17, 15) is 0 Å². The Kier molecular flexibility index (Phi) is 3.02. The van der Waals surface area contributed by atoms with Crippen LogP contribution in [0.4, 0.5) is 0 Å². The quantitative estimate of drug-likeness (QED) is 0.221. The highest BCUT2D eigenvalue weighted by atomic mass is 15.3. The van der Waals surface area contributed by atoms with Crippen LogP contribution in [-0.4, -0.2) is 23.2 Å². The van der Waals surface area contributed by atoms with E-state index < -0.39 is 0 Å². The Morgan fingerprint density at radius 2 is 1.26 bits per heavy atom. The SMILES string of the molecule is CC1(C)c2ccccc2-c2ccc3nc4n(c5cccc6c5n4c4nc5cc7ccccc7cc5n64)c3c21. The van der Waals surface area contributed by atoms with E-state index >= 15 is 0 Å². The molecule has 4 aromatic heterocycles. The van der Waals surface area contributed by atoms with Gasteiger partial charge in [-0.1, -0.05) is 74.5 Å². The van der Waals surface area contributed by atoms with E-state index in [0.29, 0.717) is 0 Å². The lowest BCUT2D eigenvalue weighted by atomic mass is 9.82. The van der Waals surface area contributed by atoms with Crippen molar-refractivity contribution in [1.82, 2.24) is 23.2 Å². The van der Waals surface area contributed by atoms with Gasteiger partial charge < -0.3 is 0 Å². The lowest BCUT2D eigenvalue weighted by molar-refractivity contribution is 0.664. The fourth-order valence-corrected chi connectivity index (χ4v) is 7.32. The standard InChI is InChI=1S/C33H21N5/c1-33(2)22-11-6-5-10-20(22)21-14-15-23-29(28(21)33)37-26-13-7-12-25-30(26)38(32(37)34-23)31-35-24-16-18-8-3-4-9-19(18)17-27(24)36(25)31/h3-17H,1-2H3. The third-order valence-electron chi connectivity index (χ3n) is 8.92. The third-order valence-corrected chi connectivity index (χ3v) is 8.92. The van der Waals surface area contributed by atoms with Crippen molar-refractivity contribution in [3.8, 4) is 11.1 Å². The van der Waals surface area contributed by atoms with Crippen LogP contribution in [-0.2, 0) is 5.41 Å². The van der Waals surface area contributed by atoms with Crippen LogP contribution in [0.1, 0.15) is 25.0 Å². The average molecular weight is 488 g/mol. The van der Waals surface area contributed by atoms with E-state index in [1.54, 1.807) is 0 Å². The highest BCUT2D eigenvalue weighted by molar-refractivity contribution is 6.07. The zero-order valence-electron chi connectivity index (χ0n) is 20.9. The molecule has 4 heterocycles. The minimum atomic E-state index is -0.120. The van der Waals surface area contributed by atoms with Crippen molar-refractivity contribution in [1.29, 1.82) is 0 Å². The van der Waals surface area contributed by atoms with Crippen LogP contribution in [0.25, 0.3) is 72.1 Å². The first kappa shape index (κ1) is 19.2. The topological polar surface area (TPSA) is 39.0 Å². The maximum atomic E-state index is 5.26. The van der Waals surface area contributed by atoms with Gasteiger partial charge in [-0.05, 0) is 63.4 Å². The summed E-state index contributed by atoms with van der Waals surface area (Å²) in [4.78, 5) is 10.4. The summed E-state index contributed by atoms with van der Waals surface area (Å²) in [5.41, 5.74) is 13.1. The fourth-order valence-electron chi connectivity index (χ4n) is 7.32. The molecule has 0 bridgehead atoms. The second-order valence-corrected chi connectivity index (χ2v) is 11.2. The van der Waals surface area contributed by atoms with Gasteiger partial charge in [-0.25, -0.2) is 14.4 Å². The Balaban J connectivity index is 1.43. The van der Waals surface area contributed by atoms with Crippen LogP contribution in [0.15, 0.2) is 91.0 Å². The van der Waals surface area contributed by atoms with Gasteiger partial charge in [0.2, 0.25) is 11.6 Å². The number of hydrogen-bond acceptors (Lipinski definition) is 2. The van der Waals surface area contributed by atoms with E-state index in [1.807, 2.05) is 0 Å². The normalized spacial score (nSPS) is 14.8. The van der Waals surface area contributed by atoms with Gasteiger partial charge in [0.05, 0.1) is 33.1 Å². The number of para-hydroxylation sites is 1. The highest BCUT2D eigenvalue weighted by Gasteiger charge is 2.38. The highest BCUT2D eigenvalue weighted by Crippen LogP contribution is 2.51. The Morgan fingerprint density at radius 3 is 2.13 bits per heavy atom. The summed E-state index contributed by atoms with van der Waals surface area (Å²) in [6.45, 7) is 4.69. The second-order valence-electron chi connectivity index (χ2n) is 11.2. The Hall–Kier alpha value is -4.90. The molecule has 0 amide bonds. The van der Waals surface area contributed by atoms with Crippen LogP contribution in [0.3, 0.4) is 0 Å². The van der Waals surface area contributed by atoms with Crippen LogP contribution in [0.2, 0.25) is 0 Å². The zero-order valence-corrected chi connectivity index (χ0v) is 20.9. The van der Waals surface area contributed by atoms with Gasteiger partial charge in [-0.2, -0.15) is 0 Å². The molecule has 0 spiro atoms. The molecule has 5 nitrogen and oxygen atoms in total.